The first-order valence-electron chi connectivity index (χ1n) is 5.21. The zero-order valence-electron chi connectivity index (χ0n) is 8.94. The molecule has 1 aromatic heterocycles. The van der Waals surface area contributed by atoms with Crippen molar-refractivity contribution in [2.24, 2.45) is 0 Å². The molecule has 0 saturated heterocycles. The molecule has 1 aliphatic rings. The van der Waals surface area contributed by atoms with Gasteiger partial charge in [-0.15, -0.1) is 0 Å². The highest BCUT2D eigenvalue weighted by Crippen LogP contribution is 2.33. The van der Waals surface area contributed by atoms with Crippen LogP contribution in [0.25, 0.3) is 5.57 Å². The Labute approximate surface area is 97.9 Å². The van der Waals surface area contributed by atoms with Crippen LogP contribution in [0.2, 0.25) is 0 Å². The SMILES string of the molecule is CC(C)n1ncc(Br)c1C1=CC(O)CC1. The predicted octanol–water partition coefficient (Wildman–Crippen LogP) is 2.76. The number of rotatable bonds is 2. The average Bonchev–Trinajstić information content (AvgIpc) is 2.71. The first kappa shape index (κ1) is 10.9. The molecule has 0 amide bonds. The van der Waals surface area contributed by atoms with E-state index in [1.807, 2.05) is 17.0 Å². The Morgan fingerprint density at radius 3 is 2.87 bits per heavy atom. The second kappa shape index (κ2) is 4.10. The van der Waals surface area contributed by atoms with Gasteiger partial charge in [0.15, 0.2) is 0 Å². The third-order valence-corrected chi connectivity index (χ3v) is 3.23. The molecule has 0 aliphatic heterocycles. The van der Waals surface area contributed by atoms with Crippen LogP contribution in [0.15, 0.2) is 16.7 Å². The van der Waals surface area contributed by atoms with Crippen LogP contribution in [0, 0.1) is 0 Å². The van der Waals surface area contributed by atoms with E-state index in [0.717, 1.165) is 23.0 Å². The van der Waals surface area contributed by atoms with Crippen molar-refractivity contribution in [3.63, 3.8) is 0 Å². The van der Waals surface area contributed by atoms with Crippen molar-refractivity contribution in [3.8, 4) is 0 Å². The maximum absolute atomic E-state index is 9.50. The van der Waals surface area contributed by atoms with Gasteiger partial charge < -0.3 is 5.11 Å². The van der Waals surface area contributed by atoms with E-state index in [9.17, 15) is 5.11 Å². The lowest BCUT2D eigenvalue weighted by Crippen LogP contribution is -2.06. The molecule has 0 radical (unpaired) electrons. The van der Waals surface area contributed by atoms with E-state index in [2.05, 4.69) is 34.9 Å². The molecule has 0 bridgehead atoms. The third-order valence-electron chi connectivity index (χ3n) is 2.65. The molecule has 1 aromatic rings. The van der Waals surface area contributed by atoms with Crippen molar-refractivity contribution in [1.29, 1.82) is 0 Å². The molecule has 1 N–H and O–H groups in total. The van der Waals surface area contributed by atoms with E-state index >= 15 is 0 Å². The summed E-state index contributed by atoms with van der Waals surface area (Å²) < 4.78 is 3.00. The Morgan fingerprint density at radius 2 is 2.33 bits per heavy atom. The Hall–Kier alpha value is -0.610. The Kier molecular flexibility index (Phi) is 2.98. The molecule has 15 heavy (non-hydrogen) atoms. The molecule has 1 unspecified atom stereocenters. The number of aliphatic hydroxyl groups excluding tert-OH is 1. The van der Waals surface area contributed by atoms with Gasteiger partial charge in [-0.1, -0.05) is 6.08 Å². The molecule has 82 valence electrons. The van der Waals surface area contributed by atoms with Gasteiger partial charge >= 0.3 is 0 Å². The number of allylic oxidation sites excluding steroid dienone is 1. The first-order valence-corrected chi connectivity index (χ1v) is 6.01. The van der Waals surface area contributed by atoms with E-state index in [1.165, 1.54) is 5.57 Å². The molecule has 1 atom stereocenters. The van der Waals surface area contributed by atoms with Gasteiger partial charge in [0.05, 0.1) is 22.5 Å². The molecule has 3 nitrogen and oxygen atoms in total. The first-order chi connectivity index (χ1) is 7.09. The largest absolute Gasteiger partial charge is 0.389 e. The van der Waals surface area contributed by atoms with Crippen LogP contribution < -0.4 is 0 Å². The highest BCUT2D eigenvalue weighted by Gasteiger charge is 2.21. The maximum atomic E-state index is 9.50. The van der Waals surface area contributed by atoms with Crippen LogP contribution in [0.3, 0.4) is 0 Å². The van der Waals surface area contributed by atoms with E-state index in [4.69, 9.17) is 0 Å². The Morgan fingerprint density at radius 1 is 1.60 bits per heavy atom. The number of hydrogen-bond acceptors (Lipinski definition) is 2. The molecule has 0 saturated carbocycles. The number of halogens is 1. The van der Waals surface area contributed by atoms with Gasteiger partial charge in [-0.05, 0) is 48.2 Å². The van der Waals surface area contributed by atoms with Crippen molar-refractivity contribution in [3.05, 3.63) is 22.4 Å². The van der Waals surface area contributed by atoms with Gasteiger partial charge in [0.25, 0.3) is 0 Å². The minimum atomic E-state index is -0.289. The van der Waals surface area contributed by atoms with Crippen LogP contribution in [0.1, 0.15) is 38.4 Å². The summed E-state index contributed by atoms with van der Waals surface area (Å²) in [4.78, 5) is 0. The summed E-state index contributed by atoms with van der Waals surface area (Å²) in [6, 6.07) is 0.338. The standard InChI is InChI=1S/C11H15BrN2O/c1-7(2)14-11(10(12)6-13-14)8-3-4-9(15)5-8/h5-7,9,15H,3-4H2,1-2H3. The van der Waals surface area contributed by atoms with Crippen molar-refractivity contribution in [2.45, 2.75) is 38.8 Å². The third kappa shape index (κ3) is 2.01. The Balaban J connectivity index is 2.42. The average molecular weight is 271 g/mol. The second-order valence-corrected chi connectivity index (χ2v) is 5.03. The van der Waals surface area contributed by atoms with Crippen molar-refractivity contribution >= 4 is 21.5 Å². The van der Waals surface area contributed by atoms with Crippen molar-refractivity contribution in [2.75, 3.05) is 0 Å². The smallest absolute Gasteiger partial charge is 0.0785 e. The topological polar surface area (TPSA) is 38.0 Å². The molecule has 4 heteroatoms. The molecular weight excluding hydrogens is 256 g/mol. The number of aromatic nitrogens is 2. The Bertz CT molecular complexity index is 395. The molecule has 0 fully saturated rings. The second-order valence-electron chi connectivity index (χ2n) is 4.18. The summed E-state index contributed by atoms with van der Waals surface area (Å²) in [5.41, 5.74) is 2.31. The highest BCUT2D eigenvalue weighted by atomic mass is 79.9. The fraction of sp³-hybridized carbons (Fsp3) is 0.545. The van der Waals surface area contributed by atoms with E-state index in [1.54, 1.807) is 0 Å². The number of nitrogens with zero attached hydrogens (tertiary/aromatic N) is 2. The van der Waals surface area contributed by atoms with Gasteiger partial charge in [0, 0.05) is 6.04 Å². The molecule has 0 aromatic carbocycles. The van der Waals surface area contributed by atoms with E-state index in [-0.39, 0.29) is 6.10 Å². The predicted molar refractivity (Wildman–Crippen MR) is 63.5 cm³/mol. The van der Waals surface area contributed by atoms with Gasteiger partial charge in [-0.3, -0.25) is 4.68 Å². The van der Waals surface area contributed by atoms with Gasteiger partial charge in [-0.25, -0.2) is 0 Å². The zero-order valence-corrected chi connectivity index (χ0v) is 10.5. The quantitative estimate of drug-likeness (QED) is 0.898. The molecule has 0 spiro atoms. The molecule has 1 aliphatic carbocycles. The number of aliphatic hydroxyl groups is 1. The number of hydrogen-bond donors (Lipinski definition) is 1. The minimum absolute atomic E-state index is 0.289. The lowest BCUT2D eigenvalue weighted by Gasteiger charge is -2.11. The van der Waals surface area contributed by atoms with E-state index in [0.29, 0.717) is 6.04 Å². The van der Waals surface area contributed by atoms with Crippen molar-refractivity contribution in [1.82, 2.24) is 9.78 Å². The normalized spacial score (nSPS) is 21.1. The summed E-state index contributed by atoms with van der Waals surface area (Å²) in [5, 5.41) is 13.8. The monoisotopic (exact) mass is 270 g/mol. The van der Waals surface area contributed by atoms with E-state index < -0.39 is 0 Å². The van der Waals surface area contributed by atoms with Gasteiger partial charge in [-0.2, -0.15) is 5.10 Å². The van der Waals surface area contributed by atoms with Crippen molar-refractivity contribution < 1.29 is 5.11 Å². The summed E-state index contributed by atoms with van der Waals surface area (Å²) in [6.45, 7) is 4.21. The summed E-state index contributed by atoms with van der Waals surface area (Å²) >= 11 is 3.51. The van der Waals surface area contributed by atoms with Gasteiger partial charge in [0.1, 0.15) is 0 Å². The van der Waals surface area contributed by atoms with Crippen LogP contribution in [0.5, 0.6) is 0 Å². The summed E-state index contributed by atoms with van der Waals surface area (Å²) in [7, 11) is 0. The van der Waals surface area contributed by atoms with Crippen LogP contribution >= 0.6 is 15.9 Å². The molecule has 2 rings (SSSR count). The lowest BCUT2D eigenvalue weighted by molar-refractivity contribution is 0.223. The van der Waals surface area contributed by atoms with Gasteiger partial charge in [0.2, 0.25) is 0 Å². The summed E-state index contributed by atoms with van der Waals surface area (Å²) in [5.74, 6) is 0. The fourth-order valence-electron chi connectivity index (χ4n) is 1.93. The van der Waals surface area contributed by atoms with Crippen LogP contribution in [0.4, 0.5) is 0 Å². The molecule has 1 heterocycles. The lowest BCUT2D eigenvalue weighted by atomic mass is 10.1. The van der Waals surface area contributed by atoms with Crippen LogP contribution in [-0.2, 0) is 0 Å². The summed E-state index contributed by atoms with van der Waals surface area (Å²) in [6.07, 6.45) is 5.22. The van der Waals surface area contributed by atoms with Crippen LogP contribution in [-0.4, -0.2) is 21.0 Å². The molecular formula is C11H15BrN2O. The zero-order chi connectivity index (χ0) is 11.0. The highest BCUT2D eigenvalue weighted by molar-refractivity contribution is 9.10. The minimum Gasteiger partial charge on any atom is -0.389 e. The maximum Gasteiger partial charge on any atom is 0.0785 e. The fourth-order valence-corrected chi connectivity index (χ4v) is 2.46.